The van der Waals surface area contributed by atoms with Gasteiger partial charge in [0.15, 0.2) is 0 Å². The van der Waals surface area contributed by atoms with Crippen LogP contribution in [0.2, 0.25) is 16.6 Å². The zero-order chi connectivity index (χ0) is 22.0. The fraction of sp³-hybridized carbons (Fsp3) is 0.840. The van der Waals surface area contributed by atoms with E-state index in [1.165, 1.54) is 5.57 Å². The molecule has 4 aliphatic carbocycles. The minimum absolute atomic E-state index is 0.0140. The molecule has 6 rings (SSSR count). The van der Waals surface area contributed by atoms with Crippen LogP contribution in [0.25, 0.3) is 0 Å². The molecule has 0 aromatic rings. The maximum Gasteiger partial charge on any atom is 0.320 e. The zero-order valence-corrected chi connectivity index (χ0v) is 20.8. The van der Waals surface area contributed by atoms with Gasteiger partial charge in [0.2, 0.25) is 8.32 Å². The summed E-state index contributed by atoms with van der Waals surface area (Å²) >= 11 is 0. The zero-order valence-electron chi connectivity index (χ0n) is 19.8. The van der Waals surface area contributed by atoms with Crippen LogP contribution in [0.3, 0.4) is 0 Å². The van der Waals surface area contributed by atoms with E-state index < -0.39 is 8.32 Å². The van der Waals surface area contributed by atoms with Crippen molar-refractivity contribution in [3.63, 3.8) is 0 Å². The van der Waals surface area contributed by atoms with E-state index in [2.05, 4.69) is 61.5 Å². The molecule has 30 heavy (non-hydrogen) atoms. The van der Waals surface area contributed by atoms with E-state index in [-0.39, 0.29) is 40.7 Å². The van der Waals surface area contributed by atoms with Gasteiger partial charge in [0.1, 0.15) is 0 Å². The molecule has 3 unspecified atom stereocenters. The first-order valence-electron chi connectivity index (χ1n) is 12.0. The number of carbonyl (C=O) groups is 2. The fourth-order valence-electron chi connectivity index (χ4n) is 9.03. The molecule has 3 saturated carbocycles. The third-order valence-electron chi connectivity index (χ3n) is 9.80. The average Bonchev–Trinajstić information content (AvgIpc) is 3.02. The number of ether oxygens (including phenoxy) is 1. The first-order valence-corrected chi connectivity index (χ1v) is 14.2. The second-order valence-electron chi connectivity index (χ2n) is 12.5. The van der Waals surface area contributed by atoms with Crippen LogP contribution in [0.5, 0.6) is 0 Å². The van der Waals surface area contributed by atoms with Crippen LogP contribution < -0.4 is 0 Å². The predicted octanol–water partition coefficient (Wildman–Crippen LogP) is 5.49. The number of hydrogen-bond donors (Lipinski definition) is 0. The molecule has 0 N–H and O–H groups in total. The van der Waals surface area contributed by atoms with Crippen molar-refractivity contribution in [1.29, 1.82) is 0 Å². The van der Waals surface area contributed by atoms with Crippen LogP contribution in [-0.4, -0.2) is 26.4 Å². The lowest BCUT2D eigenvalue weighted by Gasteiger charge is -2.46. The molecule has 2 heterocycles. The summed E-state index contributed by atoms with van der Waals surface area (Å²) in [7, 11) is -2.09. The minimum atomic E-state index is -2.09. The van der Waals surface area contributed by atoms with Crippen LogP contribution >= 0.6 is 0 Å². The van der Waals surface area contributed by atoms with Gasteiger partial charge in [-0.2, -0.15) is 0 Å². The van der Waals surface area contributed by atoms with Gasteiger partial charge in [0, 0.05) is 5.41 Å². The van der Waals surface area contributed by atoms with Crippen molar-refractivity contribution >= 4 is 20.3 Å². The van der Waals surface area contributed by atoms with Crippen LogP contribution in [0.15, 0.2) is 11.6 Å². The number of rotatable bonds is 5. The number of hydrogen-bond acceptors (Lipinski definition) is 4. The van der Waals surface area contributed by atoms with Crippen molar-refractivity contribution in [2.24, 2.45) is 40.4 Å². The Hall–Kier alpha value is -0.943. The van der Waals surface area contributed by atoms with Gasteiger partial charge in [-0.1, -0.05) is 61.5 Å². The van der Waals surface area contributed by atoms with Crippen molar-refractivity contribution in [3.8, 4) is 0 Å². The first kappa shape index (κ1) is 20.9. The Kier molecular flexibility index (Phi) is 4.25. The Balaban J connectivity index is 1.61. The van der Waals surface area contributed by atoms with Crippen LogP contribution in [0, 0.1) is 40.4 Å². The number of esters is 2. The normalized spacial score (nSPS) is 43.1. The Morgan fingerprint density at radius 1 is 1.03 bits per heavy atom. The summed E-state index contributed by atoms with van der Waals surface area (Å²) in [5.41, 5.74) is 2.92. The molecule has 0 amide bonds. The predicted molar refractivity (Wildman–Crippen MR) is 118 cm³/mol. The highest BCUT2D eigenvalue weighted by molar-refractivity contribution is 6.77. The summed E-state index contributed by atoms with van der Waals surface area (Å²) in [6.45, 7) is 18.7. The molecule has 7 atom stereocenters. The number of fused-ring (bicyclic) bond motifs is 2. The quantitative estimate of drug-likeness (QED) is 0.251. The minimum Gasteiger partial charge on any atom is -0.409 e. The molecule has 0 radical (unpaired) electrons. The Bertz CT molecular complexity index is 818. The van der Waals surface area contributed by atoms with E-state index in [9.17, 15) is 9.59 Å². The lowest BCUT2D eigenvalue weighted by molar-refractivity contribution is -0.167. The molecule has 4 nitrogen and oxygen atoms in total. The molecule has 5 fully saturated rings. The van der Waals surface area contributed by atoms with Gasteiger partial charge < -0.3 is 9.16 Å². The summed E-state index contributed by atoms with van der Waals surface area (Å²) in [6, 6.07) is 0. The first-order chi connectivity index (χ1) is 13.9. The highest BCUT2D eigenvalue weighted by Crippen LogP contribution is 2.81. The SMILES string of the molecule is CC(C)[Si](O[C@H]1C2=C[C@@H]3C(=O)OC(=O)[C@H]4C5CC3[C@]2(CC1(C)C)C54)(C(C)C)C(C)C. The standard InChI is InChI=1S/C25H38O4Si/c1-12(2)30(13(3)4,14(5)6)29-21-18-9-15-17-10-16-19(23(27)28-22(15)26)20(16)25(17,18)11-24(21,7)8/h9,12-17,19-21H,10-11H2,1-8H3/t15-,16?,17?,19-,20?,21-,25-/m0/s1. The lowest BCUT2D eigenvalue weighted by atomic mass is 9.68. The van der Waals surface area contributed by atoms with Gasteiger partial charge in [-0.3, -0.25) is 9.59 Å². The van der Waals surface area contributed by atoms with Crippen molar-refractivity contribution < 1.29 is 18.8 Å². The maximum atomic E-state index is 12.8. The summed E-state index contributed by atoms with van der Waals surface area (Å²) < 4.78 is 12.7. The molecule has 0 aromatic carbocycles. The monoisotopic (exact) mass is 430 g/mol. The lowest BCUT2D eigenvalue weighted by Crippen LogP contribution is -2.52. The molecular weight excluding hydrogens is 392 g/mol. The molecule has 2 saturated heterocycles. The molecule has 2 aliphatic heterocycles. The summed E-state index contributed by atoms with van der Waals surface area (Å²) in [4.78, 5) is 25.4. The summed E-state index contributed by atoms with van der Waals surface area (Å²) in [6.07, 6.45) is 4.29. The highest BCUT2D eigenvalue weighted by atomic mass is 28.4. The fourth-order valence-corrected chi connectivity index (χ4v) is 14.7. The van der Waals surface area contributed by atoms with Gasteiger partial charge in [0.05, 0.1) is 17.9 Å². The van der Waals surface area contributed by atoms with Crippen molar-refractivity contribution in [2.45, 2.75) is 91.0 Å². The van der Waals surface area contributed by atoms with Crippen LogP contribution in [0.4, 0.5) is 0 Å². The summed E-state index contributed by atoms with van der Waals surface area (Å²) in [5, 5.41) is 0. The molecule has 6 aliphatic rings. The van der Waals surface area contributed by atoms with Gasteiger partial charge in [0.25, 0.3) is 0 Å². The van der Waals surface area contributed by atoms with Gasteiger partial charge in [-0.15, -0.1) is 0 Å². The molecule has 5 heteroatoms. The largest absolute Gasteiger partial charge is 0.409 e. The van der Waals surface area contributed by atoms with Crippen molar-refractivity contribution in [1.82, 2.24) is 0 Å². The van der Waals surface area contributed by atoms with Crippen molar-refractivity contribution in [2.75, 3.05) is 0 Å². The van der Waals surface area contributed by atoms with E-state index in [1.807, 2.05) is 0 Å². The van der Waals surface area contributed by atoms with Gasteiger partial charge in [-0.05, 0) is 58.2 Å². The molecule has 166 valence electrons. The Morgan fingerprint density at radius 3 is 2.20 bits per heavy atom. The van der Waals surface area contributed by atoms with E-state index >= 15 is 0 Å². The molecule has 1 spiro atoms. The average molecular weight is 431 g/mol. The second-order valence-corrected chi connectivity index (χ2v) is 17.9. The molecular formula is C25H38O4Si. The Morgan fingerprint density at radius 2 is 1.63 bits per heavy atom. The van der Waals surface area contributed by atoms with Crippen LogP contribution in [0.1, 0.15) is 68.2 Å². The van der Waals surface area contributed by atoms with E-state index in [0.717, 1.165) is 12.8 Å². The number of carbonyl (C=O) groups excluding carboxylic acids is 2. The second kappa shape index (κ2) is 6.09. The highest BCUT2D eigenvalue weighted by Gasteiger charge is 2.80. The van der Waals surface area contributed by atoms with E-state index in [1.54, 1.807) is 0 Å². The summed E-state index contributed by atoms with van der Waals surface area (Å²) in [5.74, 6) is 0.188. The third-order valence-corrected chi connectivity index (χ3v) is 15.9. The topological polar surface area (TPSA) is 52.6 Å². The van der Waals surface area contributed by atoms with Crippen molar-refractivity contribution in [3.05, 3.63) is 11.6 Å². The maximum absolute atomic E-state index is 12.8. The smallest absolute Gasteiger partial charge is 0.320 e. The Labute approximate surface area is 182 Å². The molecule has 0 aromatic heterocycles. The van der Waals surface area contributed by atoms with E-state index in [4.69, 9.17) is 9.16 Å². The van der Waals surface area contributed by atoms with Crippen LogP contribution in [-0.2, 0) is 18.8 Å². The molecule has 6 bridgehead atoms. The van der Waals surface area contributed by atoms with Gasteiger partial charge in [-0.25, -0.2) is 0 Å². The van der Waals surface area contributed by atoms with E-state index in [0.29, 0.717) is 34.4 Å². The van der Waals surface area contributed by atoms with Gasteiger partial charge >= 0.3 is 11.9 Å². The third kappa shape index (κ3) is 2.27.